The first-order valence-electron chi connectivity index (χ1n) is 6.66. The third-order valence-corrected chi connectivity index (χ3v) is 2.37. The summed E-state index contributed by atoms with van der Waals surface area (Å²) in [7, 11) is 0. The number of amides is 1. The lowest BCUT2D eigenvalue weighted by molar-refractivity contribution is 0.0246. The molecule has 0 rings (SSSR count). The van der Waals surface area contributed by atoms with Gasteiger partial charge in [0.2, 0.25) is 0 Å². The van der Waals surface area contributed by atoms with Crippen molar-refractivity contribution in [3.63, 3.8) is 0 Å². The second-order valence-electron chi connectivity index (χ2n) is 5.54. The normalized spacial score (nSPS) is 13.5. The van der Waals surface area contributed by atoms with Crippen LogP contribution in [0.4, 0.5) is 13.6 Å². The Labute approximate surface area is 114 Å². The number of ether oxygens (including phenoxy) is 1. The van der Waals surface area contributed by atoms with Crippen LogP contribution in [0.2, 0.25) is 0 Å². The predicted molar refractivity (Wildman–Crippen MR) is 71.6 cm³/mol. The van der Waals surface area contributed by atoms with Crippen molar-refractivity contribution >= 4 is 6.09 Å². The van der Waals surface area contributed by atoms with E-state index >= 15 is 0 Å². The predicted octanol–water partition coefficient (Wildman–Crippen LogP) is 2.88. The van der Waals surface area contributed by atoms with Crippen molar-refractivity contribution in [2.75, 3.05) is 19.6 Å². The van der Waals surface area contributed by atoms with Gasteiger partial charge in [0.05, 0.1) is 6.04 Å². The van der Waals surface area contributed by atoms with Crippen LogP contribution in [-0.2, 0) is 4.74 Å². The maximum Gasteiger partial charge on any atom is 0.410 e. The minimum absolute atomic E-state index is 0.324. The van der Waals surface area contributed by atoms with Crippen LogP contribution < -0.4 is 5.32 Å². The smallest absolute Gasteiger partial charge is 0.410 e. The van der Waals surface area contributed by atoms with Crippen molar-refractivity contribution in [1.29, 1.82) is 0 Å². The van der Waals surface area contributed by atoms with E-state index in [2.05, 4.69) is 5.32 Å². The van der Waals surface area contributed by atoms with Gasteiger partial charge in [-0.25, -0.2) is 13.6 Å². The SMILES string of the molecule is CCCN(CCNC(C)C(F)F)C(=O)OC(C)(C)C. The number of hydrogen-bond donors (Lipinski definition) is 1. The molecule has 1 amide bonds. The van der Waals surface area contributed by atoms with Gasteiger partial charge in [-0.05, 0) is 34.1 Å². The Hall–Kier alpha value is -0.910. The standard InChI is InChI=1S/C13H26F2N2O2/c1-6-8-17(12(18)19-13(3,4)5)9-7-16-10(2)11(14)15/h10-11,16H,6-9H2,1-5H3. The van der Waals surface area contributed by atoms with Crippen LogP contribution in [0.5, 0.6) is 0 Å². The van der Waals surface area contributed by atoms with Gasteiger partial charge in [0.1, 0.15) is 5.60 Å². The molecule has 4 nitrogen and oxygen atoms in total. The summed E-state index contributed by atoms with van der Waals surface area (Å²) in [6.45, 7) is 10.0. The number of hydrogen-bond acceptors (Lipinski definition) is 3. The molecule has 0 aromatic rings. The molecular formula is C13H26F2N2O2. The molecule has 0 saturated carbocycles. The molecule has 0 spiro atoms. The second-order valence-corrected chi connectivity index (χ2v) is 5.54. The van der Waals surface area contributed by atoms with Gasteiger partial charge in [0, 0.05) is 19.6 Å². The van der Waals surface area contributed by atoms with Gasteiger partial charge < -0.3 is 15.0 Å². The van der Waals surface area contributed by atoms with E-state index in [0.717, 1.165) is 6.42 Å². The van der Waals surface area contributed by atoms with Crippen molar-refractivity contribution < 1.29 is 18.3 Å². The Balaban J connectivity index is 4.22. The summed E-state index contributed by atoms with van der Waals surface area (Å²) in [5.74, 6) is 0. The Morgan fingerprint density at radius 1 is 1.32 bits per heavy atom. The van der Waals surface area contributed by atoms with Crippen LogP contribution >= 0.6 is 0 Å². The van der Waals surface area contributed by atoms with Crippen LogP contribution in [-0.4, -0.2) is 48.7 Å². The van der Waals surface area contributed by atoms with Crippen LogP contribution in [0.3, 0.4) is 0 Å². The molecule has 0 heterocycles. The van der Waals surface area contributed by atoms with Gasteiger partial charge in [-0.2, -0.15) is 0 Å². The van der Waals surface area contributed by atoms with Crippen molar-refractivity contribution in [1.82, 2.24) is 10.2 Å². The number of carbonyl (C=O) groups is 1. The lowest BCUT2D eigenvalue weighted by Gasteiger charge is -2.27. The summed E-state index contributed by atoms with van der Waals surface area (Å²) in [5.41, 5.74) is -0.549. The Bertz CT molecular complexity index is 268. The average molecular weight is 280 g/mol. The van der Waals surface area contributed by atoms with Crippen molar-refractivity contribution in [3.05, 3.63) is 0 Å². The highest BCUT2D eigenvalue weighted by molar-refractivity contribution is 5.68. The lowest BCUT2D eigenvalue weighted by Crippen LogP contribution is -2.43. The molecule has 114 valence electrons. The van der Waals surface area contributed by atoms with Crippen molar-refractivity contribution in [3.8, 4) is 0 Å². The fourth-order valence-electron chi connectivity index (χ4n) is 1.41. The first-order chi connectivity index (χ1) is 8.67. The number of halogens is 2. The molecule has 0 aromatic carbocycles. The highest BCUT2D eigenvalue weighted by Gasteiger charge is 2.21. The fraction of sp³-hybridized carbons (Fsp3) is 0.923. The Morgan fingerprint density at radius 2 is 1.89 bits per heavy atom. The van der Waals surface area contributed by atoms with E-state index in [1.54, 1.807) is 20.8 Å². The summed E-state index contributed by atoms with van der Waals surface area (Å²) in [6.07, 6.45) is -2.01. The Morgan fingerprint density at radius 3 is 2.32 bits per heavy atom. The first kappa shape index (κ1) is 18.1. The highest BCUT2D eigenvalue weighted by Crippen LogP contribution is 2.10. The van der Waals surface area contributed by atoms with Gasteiger partial charge in [0.25, 0.3) is 6.43 Å². The third kappa shape index (κ3) is 8.75. The van der Waals surface area contributed by atoms with Gasteiger partial charge in [-0.15, -0.1) is 0 Å². The summed E-state index contributed by atoms with van der Waals surface area (Å²) in [4.78, 5) is 13.4. The van der Waals surface area contributed by atoms with Gasteiger partial charge in [-0.1, -0.05) is 6.92 Å². The maximum absolute atomic E-state index is 12.3. The van der Waals surface area contributed by atoms with Crippen LogP contribution in [0.1, 0.15) is 41.0 Å². The molecule has 0 aliphatic carbocycles. The van der Waals surface area contributed by atoms with Gasteiger partial charge in [-0.3, -0.25) is 0 Å². The molecular weight excluding hydrogens is 254 g/mol. The summed E-state index contributed by atoms with van der Waals surface area (Å²) in [6, 6.07) is -0.873. The quantitative estimate of drug-likeness (QED) is 0.779. The van der Waals surface area contributed by atoms with Gasteiger partial charge in [0.15, 0.2) is 0 Å². The molecule has 1 N–H and O–H groups in total. The zero-order valence-electron chi connectivity index (χ0n) is 12.5. The molecule has 0 radical (unpaired) electrons. The molecule has 0 aliphatic heterocycles. The molecule has 0 fully saturated rings. The lowest BCUT2D eigenvalue weighted by atomic mass is 10.2. The van der Waals surface area contributed by atoms with Crippen LogP contribution in [0.15, 0.2) is 0 Å². The summed E-state index contributed by atoms with van der Waals surface area (Å²) in [5, 5.41) is 2.69. The summed E-state index contributed by atoms with van der Waals surface area (Å²) >= 11 is 0. The number of nitrogens with one attached hydrogen (secondary N) is 1. The van der Waals surface area contributed by atoms with Crippen molar-refractivity contribution in [2.24, 2.45) is 0 Å². The van der Waals surface area contributed by atoms with Crippen molar-refractivity contribution in [2.45, 2.75) is 59.1 Å². The molecule has 19 heavy (non-hydrogen) atoms. The largest absolute Gasteiger partial charge is 0.444 e. The topological polar surface area (TPSA) is 41.6 Å². The summed E-state index contributed by atoms with van der Waals surface area (Å²) < 4.78 is 29.9. The minimum atomic E-state index is -2.40. The average Bonchev–Trinajstić information content (AvgIpc) is 2.25. The van der Waals surface area contributed by atoms with E-state index in [1.807, 2.05) is 6.92 Å². The Kier molecular flexibility index (Phi) is 7.90. The van der Waals surface area contributed by atoms with Crippen LogP contribution in [0, 0.1) is 0 Å². The number of carbonyl (C=O) groups excluding carboxylic acids is 1. The second kappa shape index (κ2) is 8.30. The monoisotopic (exact) mass is 280 g/mol. The molecule has 0 aliphatic rings. The highest BCUT2D eigenvalue weighted by atomic mass is 19.3. The third-order valence-electron chi connectivity index (χ3n) is 2.37. The number of nitrogens with zero attached hydrogens (tertiary/aromatic N) is 1. The van der Waals surface area contributed by atoms with E-state index in [0.29, 0.717) is 19.6 Å². The molecule has 0 aromatic heterocycles. The van der Waals surface area contributed by atoms with E-state index in [9.17, 15) is 13.6 Å². The molecule has 1 unspecified atom stereocenters. The van der Waals surface area contributed by atoms with Crippen LogP contribution in [0.25, 0.3) is 0 Å². The van der Waals surface area contributed by atoms with E-state index in [1.165, 1.54) is 11.8 Å². The fourth-order valence-corrected chi connectivity index (χ4v) is 1.41. The maximum atomic E-state index is 12.3. The number of rotatable bonds is 7. The van der Waals surface area contributed by atoms with E-state index in [4.69, 9.17) is 4.74 Å². The first-order valence-corrected chi connectivity index (χ1v) is 6.66. The van der Waals surface area contributed by atoms with E-state index in [-0.39, 0.29) is 0 Å². The zero-order chi connectivity index (χ0) is 15.1. The molecule has 1 atom stereocenters. The van der Waals surface area contributed by atoms with E-state index < -0.39 is 24.2 Å². The molecule has 6 heteroatoms. The molecule has 0 bridgehead atoms. The number of alkyl halides is 2. The van der Waals surface area contributed by atoms with Gasteiger partial charge >= 0.3 is 6.09 Å². The minimum Gasteiger partial charge on any atom is -0.444 e. The zero-order valence-corrected chi connectivity index (χ0v) is 12.5. The molecule has 0 saturated heterocycles.